The predicted molar refractivity (Wildman–Crippen MR) is 57.7 cm³/mol. The first kappa shape index (κ1) is 13.8. The second-order valence-electron chi connectivity index (χ2n) is 3.43. The number of nitrogens with zero attached hydrogens (tertiary/aromatic N) is 1. The molecule has 0 saturated heterocycles. The lowest BCUT2D eigenvalue weighted by Crippen LogP contribution is -2.29. The maximum atomic E-state index is 12.6. The van der Waals surface area contributed by atoms with E-state index in [-0.39, 0.29) is 0 Å². The molecule has 0 radical (unpaired) electrons. The fraction of sp³-hybridized carbons (Fsp3) is 0.333. The molecule has 1 aromatic rings. The van der Waals surface area contributed by atoms with Crippen LogP contribution in [0.3, 0.4) is 0 Å². The Morgan fingerprint density at radius 2 is 1.71 bits per heavy atom. The average molecular weight is 268 g/mol. The Hall–Kier alpha value is -1.28. The van der Waals surface area contributed by atoms with Crippen LogP contribution in [0, 0.1) is 0 Å². The van der Waals surface area contributed by atoms with E-state index in [2.05, 4.69) is 0 Å². The highest BCUT2D eigenvalue weighted by atomic mass is 32.2. The van der Waals surface area contributed by atoms with E-state index < -0.39 is 27.6 Å². The Balaban J connectivity index is 3.17. The van der Waals surface area contributed by atoms with Crippen LogP contribution in [-0.2, 0) is 16.4 Å². The minimum absolute atomic E-state index is 0.492. The molecule has 0 saturated carbocycles. The fourth-order valence-corrected chi connectivity index (χ4v) is 1.69. The SMILES string of the molecule is CN(C)S(=O)(=O)Nc1ccccc1C(F)(F)F. The third-order valence-electron chi connectivity index (χ3n) is 1.95. The number of nitrogens with one attached hydrogen (secondary N) is 1. The van der Waals surface area contributed by atoms with Crippen LogP contribution < -0.4 is 4.72 Å². The highest BCUT2D eigenvalue weighted by Gasteiger charge is 2.34. The first-order valence-electron chi connectivity index (χ1n) is 4.51. The number of halogens is 3. The molecule has 0 bridgehead atoms. The van der Waals surface area contributed by atoms with Crippen molar-refractivity contribution >= 4 is 15.9 Å². The lowest BCUT2D eigenvalue weighted by Gasteiger charge is -2.17. The van der Waals surface area contributed by atoms with Crippen molar-refractivity contribution in [3.63, 3.8) is 0 Å². The van der Waals surface area contributed by atoms with Gasteiger partial charge in [-0.05, 0) is 12.1 Å². The van der Waals surface area contributed by atoms with E-state index in [9.17, 15) is 21.6 Å². The van der Waals surface area contributed by atoms with Gasteiger partial charge in [-0.15, -0.1) is 0 Å². The number of benzene rings is 1. The van der Waals surface area contributed by atoms with E-state index in [1.165, 1.54) is 26.2 Å². The Morgan fingerprint density at radius 3 is 2.18 bits per heavy atom. The van der Waals surface area contributed by atoms with E-state index in [1.54, 1.807) is 0 Å². The maximum Gasteiger partial charge on any atom is 0.418 e. The number of anilines is 1. The van der Waals surface area contributed by atoms with E-state index in [0.717, 1.165) is 16.4 Å². The van der Waals surface area contributed by atoms with Crippen molar-refractivity contribution in [1.82, 2.24) is 4.31 Å². The molecule has 0 heterocycles. The van der Waals surface area contributed by atoms with Gasteiger partial charge in [0, 0.05) is 14.1 Å². The highest BCUT2D eigenvalue weighted by molar-refractivity contribution is 7.90. The molecule has 0 spiro atoms. The third kappa shape index (κ3) is 3.34. The Morgan fingerprint density at radius 1 is 1.18 bits per heavy atom. The zero-order valence-electron chi connectivity index (χ0n) is 9.12. The largest absolute Gasteiger partial charge is 0.418 e. The van der Waals surface area contributed by atoms with Gasteiger partial charge in [-0.3, -0.25) is 4.72 Å². The summed E-state index contributed by atoms with van der Waals surface area (Å²) in [5.41, 5.74) is -1.51. The fourth-order valence-electron chi connectivity index (χ4n) is 1.05. The molecule has 0 aliphatic heterocycles. The van der Waals surface area contributed by atoms with Crippen molar-refractivity contribution in [3.05, 3.63) is 29.8 Å². The zero-order valence-corrected chi connectivity index (χ0v) is 9.93. The van der Waals surface area contributed by atoms with Gasteiger partial charge < -0.3 is 0 Å². The van der Waals surface area contributed by atoms with E-state index in [4.69, 9.17) is 0 Å². The molecule has 17 heavy (non-hydrogen) atoms. The van der Waals surface area contributed by atoms with Crippen molar-refractivity contribution in [2.24, 2.45) is 0 Å². The molecule has 8 heteroatoms. The van der Waals surface area contributed by atoms with Crippen LogP contribution in [0.2, 0.25) is 0 Å². The number of para-hydroxylation sites is 1. The monoisotopic (exact) mass is 268 g/mol. The van der Waals surface area contributed by atoms with E-state index in [0.29, 0.717) is 0 Å². The number of hydrogen-bond acceptors (Lipinski definition) is 2. The molecule has 0 unspecified atom stereocenters. The molecule has 1 N–H and O–H groups in total. The van der Waals surface area contributed by atoms with Gasteiger partial charge in [-0.1, -0.05) is 12.1 Å². The number of hydrogen-bond donors (Lipinski definition) is 1. The average Bonchev–Trinajstić information content (AvgIpc) is 2.15. The number of alkyl halides is 3. The summed E-state index contributed by atoms with van der Waals surface area (Å²) < 4.78 is 63.2. The molecule has 4 nitrogen and oxygen atoms in total. The smallest absolute Gasteiger partial charge is 0.270 e. The van der Waals surface area contributed by atoms with Crippen molar-refractivity contribution in [3.8, 4) is 0 Å². The minimum atomic E-state index is -4.61. The van der Waals surface area contributed by atoms with Gasteiger partial charge in [0.1, 0.15) is 0 Å². The van der Waals surface area contributed by atoms with Gasteiger partial charge in [-0.25, -0.2) is 0 Å². The summed E-state index contributed by atoms with van der Waals surface area (Å²) in [6, 6.07) is 4.39. The molecular formula is C9H11F3N2O2S. The number of rotatable bonds is 3. The lowest BCUT2D eigenvalue weighted by atomic mass is 10.2. The molecular weight excluding hydrogens is 257 g/mol. The first-order chi connectivity index (χ1) is 7.64. The summed E-state index contributed by atoms with van der Waals surface area (Å²) >= 11 is 0. The molecule has 0 amide bonds. The summed E-state index contributed by atoms with van der Waals surface area (Å²) in [5.74, 6) is 0. The van der Waals surface area contributed by atoms with Crippen molar-refractivity contribution in [1.29, 1.82) is 0 Å². The van der Waals surface area contributed by atoms with Gasteiger partial charge in [-0.2, -0.15) is 25.9 Å². The van der Waals surface area contributed by atoms with Crippen LogP contribution >= 0.6 is 0 Å². The van der Waals surface area contributed by atoms with Gasteiger partial charge >= 0.3 is 16.4 Å². The second kappa shape index (κ2) is 4.53. The van der Waals surface area contributed by atoms with Crippen LogP contribution in [0.4, 0.5) is 18.9 Å². The topological polar surface area (TPSA) is 49.4 Å². The van der Waals surface area contributed by atoms with E-state index >= 15 is 0 Å². The zero-order chi connectivity index (χ0) is 13.3. The van der Waals surface area contributed by atoms with E-state index in [1.807, 2.05) is 4.72 Å². The molecule has 0 aliphatic carbocycles. The Bertz CT molecular complexity index is 497. The minimum Gasteiger partial charge on any atom is -0.270 e. The first-order valence-corrected chi connectivity index (χ1v) is 5.95. The third-order valence-corrected chi connectivity index (χ3v) is 3.39. The van der Waals surface area contributed by atoms with Gasteiger partial charge in [0.05, 0.1) is 11.3 Å². The summed E-state index contributed by atoms with van der Waals surface area (Å²) in [6.45, 7) is 0. The second-order valence-corrected chi connectivity index (χ2v) is 5.32. The quantitative estimate of drug-likeness (QED) is 0.910. The molecule has 1 aromatic carbocycles. The van der Waals surface area contributed by atoms with Crippen LogP contribution in [0.1, 0.15) is 5.56 Å². The maximum absolute atomic E-state index is 12.6. The summed E-state index contributed by atoms with van der Waals surface area (Å²) in [7, 11) is -1.51. The van der Waals surface area contributed by atoms with Crippen LogP contribution in [0.25, 0.3) is 0 Å². The van der Waals surface area contributed by atoms with Gasteiger partial charge in [0.15, 0.2) is 0 Å². The molecule has 0 atom stereocenters. The lowest BCUT2D eigenvalue weighted by molar-refractivity contribution is -0.136. The van der Waals surface area contributed by atoms with Crippen molar-refractivity contribution in [2.75, 3.05) is 18.8 Å². The van der Waals surface area contributed by atoms with Crippen LogP contribution in [0.15, 0.2) is 24.3 Å². The molecule has 0 aliphatic rings. The standard InChI is InChI=1S/C9H11F3N2O2S/c1-14(2)17(15,16)13-8-6-4-3-5-7(8)9(10,11)12/h3-6,13H,1-2H3. The summed E-state index contributed by atoms with van der Waals surface area (Å²) in [4.78, 5) is 0. The van der Waals surface area contributed by atoms with Crippen molar-refractivity contribution < 1.29 is 21.6 Å². The van der Waals surface area contributed by atoms with Crippen molar-refractivity contribution in [2.45, 2.75) is 6.18 Å². The van der Waals surface area contributed by atoms with Crippen LogP contribution in [0.5, 0.6) is 0 Å². The molecule has 96 valence electrons. The molecule has 0 fully saturated rings. The Labute approximate surface area is 97.2 Å². The van der Waals surface area contributed by atoms with Gasteiger partial charge in [0.25, 0.3) is 0 Å². The summed E-state index contributed by atoms with van der Waals surface area (Å²) in [5, 5.41) is 0. The van der Waals surface area contributed by atoms with Gasteiger partial charge in [0.2, 0.25) is 0 Å². The molecule has 0 aromatic heterocycles. The Kier molecular flexibility index (Phi) is 3.68. The highest BCUT2D eigenvalue weighted by Crippen LogP contribution is 2.34. The van der Waals surface area contributed by atoms with Crippen LogP contribution in [-0.4, -0.2) is 26.8 Å². The predicted octanol–water partition coefficient (Wildman–Crippen LogP) is 1.92. The molecule has 1 rings (SSSR count). The summed E-state index contributed by atoms with van der Waals surface area (Å²) in [6.07, 6.45) is -4.61. The normalized spacial score (nSPS) is 12.8.